The minimum Gasteiger partial charge on any atom is -0.481 e. The van der Waals surface area contributed by atoms with Crippen molar-refractivity contribution in [3.63, 3.8) is 0 Å². The molecule has 0 aliphatic rings. The van der Waals surface area contributed by atoms with Crippen molar-refractivity contribution in [2.24, 2.45) is 11.8 Å². The number of carbonyl (C=O) groups is 1. The van der Waals surface area contributed by atoms with Crippen LogP contribution in [0.2, 0.25) is 0 Å². The average molecular weight is 170 g/mol. The Bertz CT molecular complexity index is 152. The minimum absolute atomic E-state index is 0.280. The first-order chi connectivity index (χ1) is 5.57. The predicted molar refractivity (Wildman–Crippen MR) is 50.0 cm³/mol. The molecule has 12 heavy (non-hydrogen) atoms. The van der Waals surface area contributed by atoms with Gasteiger partial charge < -0.3 is 5.11 Å². The van der Waals surface area contributed by atoms with Crippen molar-refractivity contribution >= 4 is 5.97 Å². The minimum atomic E-state index is -0.701. The van der Waals surface area contributed by atoms with Crippen molar-refractivity contribution in [2.75, 3.05) is 0 Å². The zero-order valence-corrected chi connectivity index (χ0v) is 7.92. The van der Waals surface area contributed by atoms with E-state index in [2.05, 4.69) is 20.4 Å². The molecule has 0 heterocycles. The lowest BCUT2D eigenvalue weighted by Gasteiger charge is -2.16. The molecule has 2 atom stereocenters. The van der Waals surface area contributed by atoms with Crippen molar-refractivity contribution in [3.8, 4) is 0 Å². The highest BCUT2D eigenvalue weighted by Crippen LogP contribution is 2.19. The summed E-state index contributed by atoms with van der Waals surface area (Å²) >= 11 is 0. The first kappa shape index (κ1) is 11.2. The van der Waals surface area contributed by atoms with Crippen molar-refractivity contribution < 1.29 is 9.90 Å². The number of allylic oxidation sites excluding steroid dienone is 1. The molecule has 1 N–H and O–H groups in total. The van der Waals surface area contributed by atoms with E-state index in [1.165, 1.54) is 0 Å². The van der Waals surface area contributed by atoms with Crippen molar-refractivity contribution in [1.82, 2.24) is 0 Å². The van der Waals surface area contributed by atoms with E-state index in [9.17, 15) is 4.79 Å². The Labute approximate surface area is 74.3 Å². The largest absolute Gasteiger partial charge is 0.481 e. The third kappa shape index (κ3) is 4.94. The quantitative estimate of drug-likeness (QED) is 0.622. The van der Waals surface area contributed by atoms with Crippen molar-refractivity contribution in [2.45, 2.75) is 33.1 Å². The van der Waals surface area contributed by atoms with Gasteiger partial charge in [0.05, 0.1) is 0 Å². The molecule has 0 saturated carbocycles. The highest BCUT2D eigenvalue weighted by Gasteiger charge is 2.11. The lowest BCUT2D eigenvalue weighted by Crippen LogP contribution is -2.09. The Kier molecular flexibility index (Phi) is 5.43. The topological polar surface area (TPSA) is 37.3 Å². The molecule has 0 aromatic rings. The van der Waals surface area contributed by atoms with Gasteiger partial charge in [-0.25, -0.2) is 0 Å². The summed E-state index contributed by atoms with van der Waals surface area (Å²) in [5.41, 5.74) is 0. The summed E-state index contributed by atoms with van der Waals surface area (Å²) in [4.78, 5) is 10.3. The van der Waals surface area contributed by atoms with Crippen LogP contribution in [0.15, 0.2) is 12.7 Å². The van der Waals surface area contributed by atoms with Crippen molar-refractivity contribution in [1.29, 1.82) is 0 Å². The molecule has 0 aromatic carbocycles. The number of carboxylic acid groups (broad SMARTS) is 1. The Balaban J connectivity index is 3.62. The summed E-state index contributed by atoms with van der Waals surface area (Å²) in [5, 5.41) is 8.45. The van der Waals surface area contributed by atoms with Crippen LogP contribution >= 0.6 is 0 Å². The van der Waals surface area contributed by atoms with Crippen LogP contribution in [0.5, 0.6) is 0 Å². The molecular weight excluding hydrogens is 152 g/mol. The van der Waals surface area contributed by atoms with Gasteiger partial charge in [0.25, 0.3) is 0 Å². The molecule has 0 spiro atoms. The molecule has 0 aliphatic carbocycles. The summed E-state index contributed by atoms with van der Waals surface area (Å²) in [6.07, 6.45) is 3.91. The second-order valence-corrected chi connectivity index (χ2v) is 3.41. The second-order valence-electron chi connectivity index (χ2n) is 3.41. The highest BCUT2D eigenvalue weighted by atomic mass is 16.4. The van der Waals surface area contributed by atoms with Crippen LogP contribution in [0, 0.1) is 11.8 Å². The lowest BCUT2D eigenvalue weighted by molar-refractivity contribution is -0.137. The zero-order chi connectivity index (χ0) is 9.56. The van der Waals surface area contributed by atoms with Gasteiger partial charge in [0.1, 0.15) is 0 Å². The first-order valence-electron chi connectivity index (χ1n) is 4.40. The fourth-order valence-electron chi connectivity index (χ4n) is 1.13. The predicted octanol–water partition coefficient (Wildman–Crippen LogP) is 2.70. The normalized spacial score (nSPS) is 15.2. The van der Waals surface area contributed by atoms with Gasteiger partial charge in [0.15, 0.2) is 0 Å². The van der Waals surface area contributed by atoms with Gasteiger partial charge in [-0.1, -0.05) is 19.9 Å². The Morgan fingerprint density at radius 3 is 2.50 bits per heavy atom. The SMILES string of the molecule is C=CCC(C)C(C)CCC(=O)O. The lowest BCUT2D eigenvalue weighted by atomic mass is 9.89. The molecule has 2 heteroatoms. The molecule has 70 valence electrons. The maximum absolute atomic E-state index is 10.3. The second kappa shape index (κ2) is 5.81. The number of hydrogen-bond donors (Lipinski definition) is 1. The smallest absolute Gasteiger partial charge is 0.303 e. The molecule has 0 aromatic heterocycles. The maximum Gasteiger partial charge on any atom is 0.303 e. The van der Waals surface area contributed by atoms with Crippen LogP contribution in [0.3, 0.4) is 0 Å². The molecule has 0 fully saturated rings. The fourth-order valence-corrected chi connectivity index (χ4v) is 1.13. The van der Waals surface area contributed by atoms with E-state index in [0.29, 0.717) is 11.8 Å². The van der Waals surface area contributed by atoms with E-state index in [1.807, 2.05) is 6.08 Å². The van der Waals surface area contributed by atoms with Gasteiger partial charge in [0, 0.05) is 6.42 Å². The highest BCUT2D eigenvalue weighted by molar-refractivity contribution is 5.66. The summed E-state index contributed by atoms with van der Waals surface area (Å²) < 4.78 is 0. The molecule has 0 saturated heterocycles. The van der Waals surface area contributed by atoms with Gasteiger partial charge in [0.2, 0.25) is 0 Å². The Morgan fingerprint density at radius 1 is 1.50 bits per heavy atom. The van der Waals surface area contributed by atoms with Crippen LogP contribution in [0.1, 0.15) is 33.1 Å². The number of rotatable bonds is 6. The summed E-state index contributed by atoms with van der Waals surface area (Å²) in [6, 6.07) is 0. The van der Waals surface area contributed by atoms with Gasteiger partial charge in [-0.2, -0.15) is 0 Å². The van der Waals surface area contributed by atoms with E-state index in [0.717, 1.165) is 12.8 Å². The van der Waals surface area contributed by atoms with Gasteiger partial charge >= 0.3 is 5.97 Å². The first-order valence-corrected chi connectivity index (χ1v) is 4.40. The van der Waals surface area contributed by atoms with Gasteiger partial charge in [-0.3, -0.25) is 4.79 Å². The van der Waals surface area contributed by atoms with Crippen molar-refractivity contribution in [3.05, 3.63) is 12.7 Å². The summed E-state index contributed by atoms with van der Waals surface area (Å²) in [5.74, 6) is 0.314. The van der Waals surface area contributed by atoms with E-state index in [4.69, 9.17) is 5.11 Å². The number of hydrogen-bond acceptors (Lipinski definition) is 1. The number of carboxylic acids is 1. The monoisotopic (exact) mass is 170 g/mol. The fraction of sp³-hybridized carbons (Fsp3) is 0.700. The number of aliphatic carboxylic acids is 1. The van der Waals surface area contributed by atoms with Crippen LogP contribution in [-0.2, 0) is 4.79 Å². The van der Waals surface area contributed by atoms with E-state index < -0.39 is 5.97 Å². The Hall–Kier alpha value is -0.790. The van der Waals surface area contributed by atoms with Gasteiger partial charge in [-0.15, -0.1) is 6.58 Å². The molecular formula is C10H18O2. The van der Waals surface area contributed by atoms with Crippen LogP contribution in [0.4, 0.5) is 0 Å². The molecule has 2 nitrogen and oxygen atoms in total. The van der Waals surface area contributed by atoms with Crippen LogP contribution < -0.4 is 0 Å². The van der Waals surface area contributed by atoms with E-state index >= 15 is 0 Å². The van der Waals surface area contributed by atoms with Gasteiger partial charge in [-0.05, 0) is 24.7 Å². The maximum atomic E-state index is 10.3. The zero-order valence-electron chi connectivity index (χ0n) is 7.92. The molecule has 0 aliphatic heterocycles. The third-order valence-corrected chi connectivity index (χ3v) is 2.32. The van der Waals surface area contributed by atoms with E-state index in [-0.39, 0.29) is 6.42 Å². The van der Waals surface area contributed by atoms with Crippen LogP contribution in [0.25, 0.3) is 0 Å². The Morgan fingerprint density at radius 2 is 2.08 bits per heavy atom. The molecule has 0 bridgehead atoms. The molecule has 0 amide bonds. The summed E-state index contributed by atoms with van der Waals surface area (Å²) in [6.45, 7) is 7.89. The standard InChI is InChI=1S/C10H18O2/c1-4-5-8(2)9(3)6-7-10(11)12/h4,8-9H,1,5-7H2,2-3H3,(H,11,12). The molecule has 0 rings (SSSR count). The summed E-state index contributed by atoms with van der Waals surface area (Å²) in [7, 11) is 0. The average Bonchev–Trinajstić information content (AvgIpc) is 2.00. The third-order valence-electron chi connectivity index (χ3n) is 2.32. The van der Waals surface area contributed by atoms with E-state index in [1.54, 1.807) is 0 Å². The van der Waals surface area contributed by atoms with Crippen LogP contribution in [-0.4, -0.2) is 11.1 Å². The molecule has 2 unspecified atom stereocenters. The molecule has 0 radical (unpaired) electrons.